The molecular formula is C23H30N4O2. The number of methoxy groups -OCH3 is 1. The number of carbonyl (C=O) groups is 1. The van der Waals surface area contributed by atoms with E-state index in [2.05, 4.69) is 20.1 Å². The van der Waals surface area contributed by atoms with Crippen LogP contribution >= 0.6 is 0 Å². The molecule has 1 N–H and O–H groups in total. The summed E-state index contributed by atoms with van der Waals surface area (Å²) >= 11 is 0. The van der Waals surface area contributed by atoms with Crippen molar-refractivity contribution in [1.82, 2.24) is 9.88 Å². The van der Waals surface area contributed by atoms with E-state index in [4.69, 9.17) is 4.74 Å². The van der Waals surface area contributed by atoms with Crippen LogP contribution in [0.2, 0.25) is 0 Å². The van der Waals surface area contributed by atoms with Crippen LogP contribution < -0.4 is 15.0 Å². The molecule has 2 aliphatic rings. The number of aromatic nitrogens is 1. The second-order valence-electron chi connectivity index (χ2n) is 7.94. The minimum Gasteiger partial charge on any atom is -0.497 e. The van der Waals surface area contributed by atoms with Gasteiger partial charge in [-0.3, -0.25) is 9.69 Å². The van der Waals surface area contributed by atoms with Crippen molar-refractivity contribution >= 4 is 17.4 Å². The summed E-state index contributed by atoms with van der Waals surface area (Å²) in [5, 5.41) is 3.00. The normalized spacial score (nSPS) is 18.0. The number of anilines is 2. The summed E-state index contributed by atoms with van der Waals surface area (Å²) in [4.78, 5) is 22.0. The number of pyridine rings is 1. The highest BCUT2D eigenvalue weighted by atomic mass is 16.5. The average Bonchev–Trinajstić information content (AvgIpc) is 3.29. The molecule has 0 atom stereocenters. The smallest absolute Gasteiger partial charge is 0.228 e. The van der Waals surface area contributed by atoms with E-state index < -0.39 is 0 Å². The number of rotatable bonds is 6. The minimum absolute atomic E-state index is 0.0403. The molecule has 1 aromatic carbocycles. The largest absolute Gasteiger partial charge is 0.497 e. The van der Waals surface area contributed by atoms with Crippen molar-refractivity contribution < 1.29 is 9.53 Å². The molecule has 1 aliphatic heterocycles. The summed E-state index contributed by atoms with van der Waals surface area (Å²) in [5.41, 5.74) is 1.72. The topological polar surface area (TPSA) is 57.7 Å². The Balaban J connectivity index is 1.33. The lowest BCUT2D eigenvalue weighted by Gasteiger charge is -2.38. The molecular weight excluding hydrogens is 364 g/mol. The van der Waals surface area contributed by atoms with Crippen LogP contribution in [0.5, 0.6) is 5.75 Å². The van der Waals surface area contributed by atoms with E-state index in [1.165, 1.54) is 25.7 Å². The fourth-order valence-electron chi connectivity index (χ4n) is 4.43. The number of ether oxygens (including phenoxy) is 1. The maximum atomic E-state index is 12.5. The number of hydrogen-bond acceptors (Lipinski definition) is 5. The predicted molar refractivity (Wildman–Crippen MR) is 116 cm³/mol. The molecule has 4 rings (SSSR count). The molecule has 6 nitrogen and oxygen atoms in total. The molecule has 0 radical (unpaired) electrons. The number of carbonyl (C=O) groups excluding carboxylic acids is 1. The van der Waals surface area contributed by atoms with Crippen LogP contribution in [0, 0.1) is 0 Å². The van der Waals surface area contributed by atoms with Crippen molar-refractivity contribution in [3.63, 3.8) is 0 Å². The quantitative estimate of drug-likeness (QED) is 0.814. The second kappa shape index (κ2) is 9.27. The zero-order chi connectivity index (χ0) is 20.1. The van der Waals surface area contributed by atoms with Gasteiger partial charge in [-0.1, -0.05) is 25.0 Å². The van der Waals surface area contributed by atoms with Crippen LogP contribution in [0.25, 0.3) is 0 Å². The van der Waals surface area contributed by atoms with Crippen LogP contribution in [0.15, 0.2) is 42.6 Å². The molecule has 0 spiro atoms. The maximum absolute atomic E-state index is 12.5. The third-order valence-electron chi connectivity index (χ3n) is 6.01. The lowest BCUT2D eigenvalue weighted by molar-refractivity contribution is -0.115. The van der Waals surface area contributed by atoms with Gasteiger partial charge in [0.1, 0.15) is 11.6 Å². The third kappa shape index (κ3) is 5.07. The van der Waals surface area contributed by atoms with Crippen molar-refractivity contribution in [2.45, 2.75) is 38.1 Å². The third-order valence-corrected chi connectivity index (χ3v) is 6.01. The highest BCUT2D eigenvalue weighted by Gasteiger charge is 2.26. The first-order valence-corrected chi connectivity index (χ1v) is 10.6. The molecule has 2 aromatic rings. The average molecular weight is 395 g/mol. The lowest BCUT2D eigenvalue weighted by Crippen LogP contribution is -2.50. The van der Waals surface area contributed by atoms with Gasteiger partial charge in [0.25, 0.3) is 0 Å². The fourth-order valence-corrected chi connectivity index (χ4v) is 4.43. The molecule has 1 aliphatic carbocycles. The minimum atomic E-state index is -0.0403. The van der Waals surface area contributed by atoms with Crippen molar-refractivity contribution in [2.24, 2.45) is 0 Å². The molecule has 0 unspecified atom stereocenters. The molecule has 1 saturated carbocycles. The first-order chi connectivity index (χ1) is 14.2. The zero-order valence-corrected chi connectivity index (χ0v) is 17.1. The van der Waals surface area contributed by atoms with E-state index >= 15 is 0 Å². The summed E-state index contributed by atoms with van der Waals surface area (Å²) in [7, 11) is 1.63. The van der Waals surface area contributed by atoms with E-state index in [-0.39, 0.29) is 5.91 Å². The van der Waals surface area contributed by atoms with Gasteiger partial charge >= 0.3 is 0 Å². The number of nitrogens with one attached hydrogen (secondary N) is 1. The van der Waals surface area contributed by atoms with Gasteiger partial charge in [-0.25, -0.2) is 4.98 Å². The zero-order valence-electron chi connectivity index (χ0n) is 17.1. The molecule has 2 fully saturated rings. The van der Waals surface area contributed by atoms with Gasteiger partial charge in [-0.2, -0.15) is 0 Å². The van der Waals surface area contributed by atoms with Crippen LogP contribution in [-0.4, -0.2) is 55.1 Å². The highest BCUT2D eigenvalue weighted by Crippen LogP contribution is 2.26. The highest BCUT2D eigenvalue weighted by molar-refractivity contribution is 5.92. The molecule has 1 aromatic heterocycles. The lowest BCUT2D eigenvalue weighted by atomic mass is 10.1. The fraction of sp³-hybridized carbons (Fsp3) is 0.478. The van der Waals surface area contributed by atoms with Crippen LogP contribution in [-0.2, 0) is 11.2 Å². The predicted octanol–water partition coefficient (Wildman–Crippen LogP) is 3.34. The number of nitrogens with zero attached hydrogens (tertiary/aromatic N) is 3. The molecule has 2 heterocycles. The molecule has 154 valence electrons. The monoisotopic (exact) mass is 394 g/mol. The summed E-state index contributed by atoms with van der Waals surface area (Å²) < 4.78 is 5.23. The summed E-state index contributed by atoms with van der Waals surface area (Å²) in [5.74, 6) is 1.66. The van der Waals surface area contributed by atoms with E-state index in [1.54, 1.807) is 13.3 Å². The van der Waals surface area contributed by atoms with Gasteiger partial charge in [0.2, 0.25) is 5.91 Å². The Kier molecular flexibility index (Phi) is 6.30. The molecule has 0 bridgehead atoms. The Bertz CT molecular complexity index is 827. The van der Waals surface area contributed by atoms with Crippen LogP contribution in [0.4, 0.5) is 11.5 Å². The van der Waals surface area contributed by atoms with Gasteiger partial charge in [-0.15, -0.1) is 0 Å². The van der Waals surface area contributed by atoms with Gasteiger partial charge in [-0.05, 0) is 36.6 Å². The van der Waals surface area contributed by atoms with Crippen LogP contribution in [0.1, 0.15) is 31.2 Å². The maximum Gasteiger partial charge on any atom is 0.228 e. The Morgan fingerprint density at radius 2 is 1.93 bits per heavy atom. The second-order valence-corrected chi connectivity index (χ2v) is 7.94. The van der Waals surface area contributed by atoms with Gasteiger partial charge in [0.15, 0.2) is 0 Å². The summed E-state index contributed by atoms with van der Waals surface area (Å²) in [6.07, 6.45) is 7.56. The molecule has 29 heavy (non-hydrogen) atoms. The number of hydrogen-bond donors (Lipinski definition) is 1. The van der Waals surface area contributed by atoms with E-state index in [0.717, 1.165) is 55.0 Å². The van der Waals surface area contributed by atoms with E-state index in [9.17, 15) is 4.79 Å². The first kappa shape index (κ1) is 19.7. The van der Waals surface area contributed by atoms with Crippen molar-refractivity contribution in [3.8, 4) is 5.75 Å². The molecule has 1 amide bonds. The first-order valence-electron chi connectivity index (χ1n) is 10.6. The Labute approximate surface area is 172 Å². The van der Waals surface area contributed by atoms with Gasteiger partial charge in [0.05, 0.1) is 13.5 Å². The van der Waals surface area contributed by atoms with Crippen molar-refractivity contribution in [1.29, 1.82) is 0 Å². The van der Waals surface area contributed by atoms with Crippen molar-refractivity contribution in [3.05, 3.63) is 48.2 Å². The molecule has 6 heteroatoms. The standard InChI is InChI=1S/C23H30N4O2/c1-29-21-8-4-5-18(15-21)16-23(28)25-19-9-10-24-22(17-19)27-13-11-26(12-14-27)20-6-2-3-7-20/h4-5,8-10,15,17,20H,2-3,6-7,11-14,16H2,1H3,(H,24,25,28). The van der Waals surface area contributed by atoms with Gasteiger partial charge < -0.3 is 15.0 Å². The number of benzene rings is 1. The summed E-state index contributed by atoms with van der Waals surface area (Å²) in [6, 6.07) is 12.2. The van der Waals surface area contributed by atoms with Gasteiger partial charge in [0, 0.05) is 50.2 Å². The number of amides is 1. The van der Waals surface area contributed by atoms with E-state index in [0.29, 0.717) is 6.42 Å². The Morgan fingerprint density at radius 1 is 1.14 bits per heavy atom. The number of piperazine rings is 1. The summed E-state index contributed by atoms with van der Waals surface area (Å²) in [6.45, 7) is 4.17. The van der Waals surface area contributed by atoms with Crippen molar-refractivity contribution in [2.75, 3.05) is 43.5 Å². The Morgan fingerprint density at radius 3 is 2.69 bits per heavy atom. The van der Waals surface area contributed by atoms with Crippen LogP contribution in [0.3, 0.4) is 0 Å². The van der Waals surface area contributed by atoms with E-state index in [1.807, 2.05) is 36.4 Å². The molecule has 1 saturated heterocycles. The SMILES string of the molecule is COc1cccc(CC(=O)Nc2ccnc(N3CCN(C4CCCC4)CC3)c2)c1. The Hall–Kier alpha value is -2.60.